The van der Waals surface area contributed by atoms with Crippen molar-refractivity contribution in [3.8, 4) is 22.3 Å². The van der Waals surface area contributed by atoms with Crippen molar-refractivity contribution < 1.29 is 8.83 Å². The maximum absolute atomic E-state index is 6.78. The molecule has 2 aromatic heterocycles. The fourth-order valence-corrected chi connectivity index (χ4v) is 13.1. The van der Waals surface area contributed by atoms with Crippen LogP contribution in [0.15, 0.2) is 215 Å². The smallest absolute Gasteiger partial charge is 0.139 e. The predicted molar refractivity (Wildman–Crippen MR) is 310 cm³/mol. The molecule has 4 heteroatoms. The van der Waals surface area contributed by atoms with Crippen molar-refractivity contribution in [2.24, 2.45) is 0 Å². The molecule has 11 aromatic carbocycles. The summed E-state index contributed by atoms with van der Waals surface area (Å²) in [7, 11) is 0. The molecule has 354 valence electrons. The van der Waals surface area contributed by atoms with Crippen molar-refractivity contribution >= 4 is 99.5 Å². The van der Waals surface area contributed by atoms with Gasteiger partial charge in [-0.05, 0) is 159 Å². The van der Waals surface area contributed by atoms with E-state index in [-0.39, 0.29) is 10.8 Å². The maximum atomic E-state index is 6.78. The molecule has 0 fully saturated rings. The van der Waals surface area contributed by atoms with Crippen LogP contribution < -0.4 is 9.80 Å². The molecule has 0 atom stereocenters. The van der Waals surface area contributed by atoms with E-state index in [0.29, 0.717) is 0 Å². The summed E-state index contributed by atoms with van der Waals surface area (Å²) in [5, 5.41) is 8.89. The van der Waals surface area contributed by atoms with Crippen LogP contribution in [-0.2, 0) is 10.8 Å². The number of nitrogens with zero attached hydrogens (tertiary/aromatic N) is 2. The van der Waals surface area contributed by atoms with Gasteiger partial charge in [-0.2, -0.15) is 0 Å². The quantitative estimate of drug-likeness (QED) is 0.166. The Kier molecular flexibility index (Phi) is 8.87. The van der Waals surface area contributed by atoms with Crippen molar-refractivity contribution in [2.45, 2.75) is 52.4 Å². The molecule has 0 saturated heterocycles. The normalized spacial score (nSPS) is 14.0. The van der Waals surface area contributed by atoms with Gasteiger partial charge in [0.1, 0.15) is 22.3 Å². The highest BCUT2D eigenvalue weighted by Crippen LogP contribution is 2.56. The SMILES string of the molecule is Cc1ccccc1N(c1ccc2cc3c(cc2c1)oc1cc2oc4cc5cc(N(c6ccccc6C)c6cccc7c6-c6ccccc6C7(C)C)ccc5cc4c2cc13)c1cccc2c1-c1ccccc1C2(C)C. The van der Waals surface area contributed by atoms with E-state index in [1.54, 1.807) is 0 Å². The first-order chi connectivity index (χ1) is 36.0. The summed E-state index contributed by atoms with van der Waals surface area (Å²) in [6.45, 7) is 13.8. The Morgan fingerprint density at radius 2 is 0.689 bits per heavy atom. The fourth-order valence-electron chi connectivity index (χ4n) is 13.1. The minimum absolute atomic E-state index is 0.110. The van der Waals surface area contributed by atoms with E-state index >= 15 is 0 Å². The molecule has 0 bridgehead atoms. The van der Waals surface area contributed by atoms with E-state index in [0.717, 1.165) is 88.2 Å². The number of furan rings is 2. The minimum Gasteiger partial charge on any atom is -0.456 e. The van der Waals surface area contributed by atoms with Gasteiger partial charge in [0.25, 0.3) is 0 Å². The van der Waals surface area contributed by atoms with Crippen molar-refractivity contribution in [3.63, 3.8) is 0 Å². The first-order valence-corrected chi connectivity index (χ1v) is 25.9. The summed E-state index contributed by atoms with van der Waals surface area (Å²) in [5.74, 6) is 0. The summed E-state index contributed by atoms with van der Waals surface area (Å²) in [5.41, 5.74) is 23.0. The van der Waals surface area contributed by atoms with E-state index in [9.17, 15) is 0 Å². The molecule has 13 aromatic rings. The second-order valence-corrected chi connectivity index (χ2v) is 21.8. The molecule has 2 heterocycles. The number of para-hydroxylation sites is 2. The third-order valence-electron chi connectivity index (χ3n) is 16.8. The van der Waals surface area contributed by atoms with Crippen molar-refractivity contribution in [3.05, 3.63) is 240 Å². The molecule has 0 radical (unpaired) electrons. The van der Waals surface area contributed by atoms with Crippen LogP contribution in [0.4, 0.5) is 34.1 Å². The molecule has 0 amide bonds. The van der Waals surface area contributed by atoms with Gasteiger partial charge in [0.15, 0.2) is 0 Å². The first-order valence-electron chi connectivity index (χ1n) is 25.9. The maximum Gasteiger partial charge on any atom is 0.139 e. The minimum atomic E-state index is -0.110. The van der Waals surface area contributed by atoms with Crippen LogP contribution in [0.1, 0.15) is 61.1 Å². The van der Waals surface area contributed by atoms with Crippen LogP contribution in [0.25, 0.3) is 87.7 Å². The number of hydrogen-bond donors (Lipinski definition) is 0. The standard InChI is InChI=1S/C70H52N2O2/c1-41-17-7-13-25-59(41)71(61-27-15-23-57-67(61)49-19-9-11-21-55(49)69(57,3)4)47-31-29-43-35-51-53-39-54-52-36-44-30-32-48(34-46(44)38-64(52)74-66(54)40-65(53)73-63(51)37-45(43)33-47)72(60-26-14-8-18-42(60)2)62-28-16-24-58-68(62)50-20-10-12-22-56(50)70(58,5)6/h7-40H,1-6H3. The molecule has 0 N–H and O–H groups in total. The molecule has 2 aliphatic rings. The van der Waals surface area contributed by atoms with Gasteiger partial charge >= 0.3 is 0 Å². The first kappa shape index (κ1) is 42.8. The Morgan fingerprint density at radius 3 is 1.15 bits per heavy atom. The molecule has 15 rings (SSSR count). The lowest BCUT2D eigenvalue weighted by molar-refractivity contribution is 0.656. The summed E-state index contributed by atoms with van der Waals surface area (Å²) >= 11 is 0. The van der Waals surface area contributed by atoms with Crippen molar-refractivity contribution in [2.75, 3.05) is 9.80 Å². The highest BCUT2D eigenvalue weighted by Gasteiger charge is 2.39. The molecule has 4 nitrogen and oxygen atoms in total. The van der Waals surface area contributed by atoms with Crippen LogP contribution in [0.5, 0.6) is 0 Å². The number of aryl methyl sites for hydroxylation is 2. The lowest BCUT2D eigenvalue weighted by Crippen LogP contribution is -2.16. The fraction of sp³-hybridized carbons (Fsp3) is 0.114. The Balaban J connectivity index is 0.840. The van der Waals surface area contributed by atoms with Gasteiger partial charge in [-0.1, -0.05) is 149 Å². The largest absolute Gasteiger partial charge is 0.456 e. The average molecular weight is 953 g/mol. The zero-order chi connectivity index (χ0) is 49.8. The topological polar surface area (TPSA) is 32.8 Å². The predicted octanol–water partition coefficient (Wildman–Crippen LogP) is 20.0. The van der Waals surface area contributed by atoms with E-state index < -0.39 is 0 Å². The Hall–Kier alpha value is -8.86. The van der Waals surface area contributed by atoms with Gasteiger partial charge in [-0.3, -0.25) is 0 Å². The number of fused-ring (bicyclic) bond motifs is 14. The Morgan fingerprint density at radius 1 is 0.311 bits per heavy atom. The molecule has 0 spiro atoms. The van der Waals surface area contributed by atoms with E-state index in [2.05, 4.69) is 258 Å². The zero-order valence-corrected chi connectivity index (χ0v) is 42.3. The van der Waals surface area contributed by atoms with Gasteiger partial charge < -0.3 is 18.6 Å². The molecular weight excluding hydrogens is 901 g/mol. The number of hydrogen-bond acceptors (Lipinski definition) is 4. The van der Waals surface area contributed by atoms with Crippen molar-refractivity contribution in [1.82, 2.24) is 0 Å². The summed E-state index contributed by atoms with van der Waals surface area (Å²) in [4.78, 5) is 4.90. The van der Waals surface area contributed by atoms with Crippen LogP contribution in [0.2, 0.25) is 0 Å². The van der Waals surface area contributed by atoms with Gasteiger partial charge in [0.2, 0.25) is 0 Å². The third kappa shape index (κ3) is 6.03. The second kappa shape index (κ2) is 15.3. The molecule has 0 saturated carbocycles. The lowest BCUT2D eigenvalue weighted by Gasteiger charge is -2.30. The monoisotopic (exact) mass is 952 g/mol. The number of anilines is 6. The Labute approximate surface area is 430 Å². The average Bonchev–Trinajstić information content (AvgIpc) is 4.09. The van der Waals surface area contributed by atoms with Crippen LogP contribution in [0.3, 0.4) is 0 Å². The van der Waals surface area contributed by atoms with Gasteiger partial charge in [0, 0.05) is 72.3 Å². The van der Waals surface area contributed by atoms with Crippen LogP contribution >= 0.6 is 0 Å². The highest BCUT2D eigenvalue weighted by atomic mass is 16.3. The number of benzene rings is 11. The van der Waals surface area contributed by atoms with E-state index in [1.165, 1.54) is 67.0 Å². The summed E-state index contributed by atoms with van der Waals surface area (Å²) in [6, 6.07) is 76.0. The van der Waals surface area contributed by atoms with Gasteiger partial charge in [-0.15, -0.1) is 0 Å². The van der Waals surface area contributed by atoms with Gasteiger partial charge in [-0.25, -0.2) is 0 Å². The summed E-state index contributed by atoms with van der Waals surface area (Å²) < 4.78 is 13.6. The molecule has 2 aliphatic carbocycles. The molecule has 0 aliphatic heterocycles. The lowest BCUT2D eigenvalue weighted by atomic mass is 9.82. The number of rotatable bonds is 6. The van der Waals surface area contributed by atoms with E-state index in [1.807, 2.05) is 0 Å². The van der Waals surface area contributed by atoms with Gasteiger partial charge in [0.05, 0.1) is 11.4 Å². The van der Waals surface area contributed by atoms with E-state index in [4.69, 9.17) is 8.83 Å². The zero-order valence-electron chi connectivity index (χ0n) is 42.3. The summed E-state index contributed by atoms with van der Waals surface area (Å²) in [6.07, 6.45) is 0. The third-order valence-corrected chi connectivity index (χ3v) is 16.8. The van der Waals surface area contributed by atoms with Crippen LogP contribution in [0, 0.1) is 13.8 Å². The second-order valence-electron chi connectivity index (χ2n) is 21.8. The van der Waals surface area contributed by atoms with Crippen molar-refractivity contribution in [1.29, 1.82) is 0 Å². The molecule has 0 unspecified atom stereocenters. The Bertz CT molecular complexity index is 4260. The molecular formula is C70H52N2O2. The highest BCUT2D eigenvalue weighted by molar-refractivity contribution is 6.19. The van der Waals surface area contributed by atoms with Crippen LogP contribution in [-0.4, -0.2) is 0 Å². The molecule has 74 heavy (non-hydrogen) atoms.